The Morgan fingerprint density at radius 1 is 1.29 bits per heavy atom. The first-order valence-corrected chi connectivity index (χ1v) is 4.38. The molecule has 3 N–H and O–H groups in total. The maximum absolute atomic E-state index is 9.32. The molecule has 0 aliphatic heterocycles. The maximum atomic E-state index is 9.32. The van der Waals surface area contributed by atoms with E-state index in [1.165, 1.54) is 13.2 Å². The number of aromatic hydroxyl groups is 2. The second kappa shape index (κ2) is 4.72. The van der Waals surface area contributed by atoms with Crippen LogP contribution in [-0.2, 0) is 6.42 Å². The zero-order valence-electron chi connectivity index (χ0n) is 8.03. The van der Waals surface area contributed by atoms with Gasteiger partial charge in [-0.3, -0.25) is 0 Å². The van der Waals surface area contributed by atoms with Gasteiger partial charge in [-0.25, -0.2) is 0 Å². The standard InChI is InChI=1S/C10H14O4/c1-14-9-6-7(3-2-4-11)5-8(12)10(9)13/h5-6,11-13H,2-4H2,1H3. The molecule has 0 saturated heterocycles. The summed E-state index contributed by atoms with van der Waals surface area (Å²) in [6.07, 6.45) is 1.26. The van der Waals surface area contributed by atoms with Crippen molar-refractivity contribution < 1.29 is 20.1 Å². The van der Waals surface area contributed by atoms with Crippen molar-refractivity contribution in [2.45, 2.75) is 12.8 Å². The fourth-order valence-corrected chi connectivity index (χ4v) is 1.23. The van der Waals surface area contributed by atoms with Crippen molar-refractivity contribution in [3.05, 3.63) is 17.7 Å². The zero-order chi connectivity index (χ0) is 10.6. The first kappa shape index (κ1) is 10.7. The molecule has 0 amide bonds. The highest BCUT2D eigenvalue weighted by Crippen LogP contribution is 2.36. The maximum Gasteiger partial charge on any atom is 0.200 e. The molecule has 0 bridgehead atoms. The molecule has 0 aliphatic rings. The average molecular weight is 198 g/mol. The number of phenols is 2. The quantitative estimate of drug-likeness (QED) is 0.632. The molecular weight excluding hydrogens is 184 g/mol. The van der Waals surface area contributed by atoms with Gasteiger partial charge in [-0.2, -0.15) is 0 Å². The molecule has 0 aliphatic carbocycles. The third-order valence-electron chi connectivity index (χ3n) is 1.96. The summed E-state index contributed by atoms with van der Waals surface area (Å²) in [5.41, 5.74) is 0.825. The second-order valence-electron chi connectivity index (χ2n) is 2.99. The van der Waals surface area contributed by atoms with E-state index in [1.807, 2.05) is 0 Å². The lowest BCUT2D eigenvalue weighted by molar-refractivity contribution is 0.288. The van der Waals surface area contributed by atoms with E-state index < -0.39 is 0 Å². The molecule has 1 rings (SSSR count). The van der Waals surface area contributed by atoms with Gasteiger partial charge in [0.2, 0.25) is 5.75 Å². The van der Waals surface area contributed by atoms with Crippen LogP contribution in [-0.4, -0.2) is 29.0 Å². The van der Waals surface area contributed by atoms with Crippen LogP contribution in [0.15, 0.2) is 12.1 Å². The summed E-state index contributed by atoms with van der Waals surface area (Å²) < 4.78 is 4.87. The molecule has 1 aromatic rings. The van der Waals surface area contributed by atoms with Gasteiger partial charge >= 0.3 is 0 Å². The molecule has 0 saturated carbocycles. The summed E-state index contributed by atoms with van der Waals surface area (Å²) in [7, 11) is 1.42. The molecule has 4 nitrogen and oxygen atoms in total. The number of phenolic OH excluding ortho intramolecular Hbond substituents is 2. The van der Waals surface area contributed by atoms with Crippen molar-refractivity contribution >= 4 is 0 Å². The van der Waals surface area contributed by atoms with Crippen molar-refractivity contribution in [3.8, 4) is 17.2 Å². The number of hydrogen-bond donors (Lipinski definition) is 3. The molecule has 0 aromatic heterocycles. The van der Waals surface area contributed by atoms with E-state index in [0.29, 0.717) is 12.8 Å². The molecular formula is C10H14O4. The number of aryl methyl sites for hydroxylation is 1. The van der Waals surface area contributed by atoms with Crippen LogP contribution in [0, 0.1) is 0 Å². The van der Waals surface area contributed by atoms with Crippen LogP contribution in [0.5, 0.6) is 17.2 Å². The fraction of sp³-hybridized carbons (Fsp3) is 0.400. The van der Waals surface area contributed by atoms with Gasteiger partial charge in [-0.15, -0.1) is 0 Å². The average Bonchev–Trinajstić information content (AvgIpc) is 2.19. The van der Waals surface area contributed by atoms with E-state index in [0.717, 1.165) is 5.56 Å². The first-order chi connectivity index (χ1) is 6.69. The van der Waals surface area contributed by atoms with Crippen LogP contribution in [0.2, 0.25) is 0 Å². The Kier molecular flexibility index (Phi) is 3.59. The third kappa shape index (κ3) is 2.29. The van der Waals surface area contributed by atoms with Crippen molar-refractivity contribution in [3.63, 3.8) is 0 Å². The predicted octanol–water partition coefficient (Wildman–Crippen LogP) is 1.03. The van der Waals surface area contributed by atoms with Crippen LogP contribution >= 0.6 is 0 Å². The van der Waals surface area contributed by atoms with E-state index in [-0.39, 0.29) is 23.9 Å². The number of aliphatic hydroxyl groups is 1. The Morgan fingerprint density at radius 2 is 2.00 bits per heavy atom. The third-order valence-corrected chi connectivity index (χ3v) is 1.96. The van der Waals surface area contributed by atoms with Gasteiger partial charge in [0.25, 0.3) is 0 Å². The molecule has 4 heteroatoms. The minimum absolute atomic E-state index is 0.101. The second-order valence-corrected chi connectivity index (χ2v) is 2.99. The molecule has 78 valence electrons. The Morgan fingerprint density at radius 3 is 2.57 bits per heavy atom. The highest BCUT2D eigenvalue weighted by atomic mass is 16.5. The SMILES string of the molecule is COc1cc(CCCO)cc(O)c1O. The molecule has 0 fully saturated rings. The Balaban J connectivity index is 2.91. The summed E-state index contributed by atoms with van der Waals surface area (Å²) in [5, 5.41) is 27.3. The van der Waals surface area contributed by atoms with Crippen LogP contribution < -0.4 is 4.74 Å². The number of rotatable bonds is 4. The largest absolute Gasteiger partial charge is 0.504 e. The van der Waals surface area contributed by atoms with E-state index in [1.54, 1.807) is 6.07 Å². The Bertz CT molecular complexity index is 309. The van der Waals surface area contributed by atoms with Gasteiger partial charge in [-0.1, -0.05) is 0 Å². The molecule has 0 spiro atoms. The van der Waals surface area contributed by atoms with Crippen LogP contribution in [0.3, 0.4) is 0 Å². The first-order valence-electron chi connectivity index (χ1n) is 4.38. The fourth-order valence-electron chi connectivity index (χ4n) is 1.23. The van der Waals surface area contributed by atoms with Crippen LogP contribution in [0.4, 0.5) is 0 Å². The monoisotopic (exact) mass is 198 g/mol. The molecule has 0 atom stereocenters. The van der Waals surface area contributed by atoms with Gasteiger partial charge in [0.1, 0.15) is 0 Å². The summed E-state index contributed by atoms with van der Waals surface area (Å²) in [6.45, 7) is 0.101. The number of ether oxygens (including phenoxy) is 1. The smallest absolute Gasteiger partial charge is 0.200 e. The summed E-state index contributed by atoms with van der Waals surface area (Å²) in [4.78, 5) is 0. The van der Waals surface area contributed by atoms with E-state index in [9.17, 15) is 10.2 Å². The summed E-state index contributed by atoms with van der Waals surface area (Å²) in [6, 6.07) is 3.11. The number of methoxy groups -OCH3 is 1. The van der Waals surface area contributed by atoms with Gasteiger partial charge in [0, 0.05) is 6.61 Å². The van der Waals surface area contributed by atoms with Gasteiger partial charge in [0.05, 0.1) is 7.11 Å². The van der Waals surface area contributed by atoms with Gasteiger partial charge < -0.3 is 20.1 Å². The van der Waals surface area contributed by atoms with Crippen LogP contribution in [0.1, 0.15) is 12.0 Å². The van der Waals surface area contributed by atoms with E-state index >= 15 is 0 Å². The molecule has 14 heavy (non-hydrogen) atoms. The topological polar surface area (TPSA) is 69.9 Å². The summed E-state index contributed by atoms with van der Waals surface area (Å²) >= 11 is 0. The lowest BCUT2D eigenvalue weighted by Crippen LogP contribution is -1.91. The molecule has 0 heterocycles. The lowest BCUT2D eigenvalue weighted by Gasteiger charge is -2.08. The predicted molar refractivity (Wildman–Crippen MR) is 51.7 cm³/mol. The van der Waals surface area contributed by atoms with Crippen molar-refractivity contribution in [2.75, 3.05) is 13.7 Å². The highest BCUT2D eigenvalue weighted by Gasteiger charge is 2.08. The van der Waals surface area contributed by atoms with E-state index in [2.05, 4.69) is 0 Å². The normalized spacial score (nSPS) is 10.1. The van der Waals surface area contributed by atoms with E-state index in [4.69, 9.17) is 9.84 Å². The summed E-state index contributed by atoms with van der Waals surface area (Å²) in [5.74, 6) is -0.199. The van der Waals surface area contributed by atoms with Crippen molar-refractivity contribution in [2.24, 2.45) is 0 Å². The van der Waals surface area contributed by atoms with Crippen molar-refractivity contribution in [1.29, 1.82) is 0 Å². The van der Waals surface area contributed by atoms with Gasteiger partial charge in [-0.05, 0) is 30.5 Å². The Hall–Kier alpha value is -1.42. The molecule has 0 unspecified atom stereocenters. The highest BCUT2D eigenvalue weighted by molar-refractivity contribution is 5.51. The van der Waals surface area contributed by atoms with Gasteiger partial charge in [0.15, 0.2) is 11.5 Å². The Labute approximate surface area is 82.4 Å². The van der Waals surface area contributed by atoms with Crippen molar-refractivity contribution in [1.82, 2.24) is 0 Å². The molecule has 1 aromatic carbocycles. The van der Waals surface area contributed by atoms with Crippen LogP contribution in [0.25, 0.3) is 0 Å². The zero-order valence-corrected chi connectivity index (χ0v) is 8.03. The minimum atomic E-state index is -0.250. The number of hydrogen-bond acceptors (Lipinski definition) is 4. The lowest BCUT2D eigenvalue weighted by atomic mass is 10.1. The molecule has 0 radical (unpaired) electrons. The number of benzene rings is 1. The number of aliphatic hydroxyl groups excluding tert-OH is 1. The minimum Gasteiger partial charge on any atom is -0.504 e.